The molecule has 0 aromatic rings. The maximum atomic E-state index is 9.98. The zero-order chi connectivity index (χ0) is 8.69. The van der Waals surface area contributed by atoms with Crippen LogP contribution in [0.5, 0.6) is 0 Å². The molecule has 12 heavy (non-hydrogen) atoms. The van der Waals surface area contributed by atoms with Crippen molar-refractivity contribution < 1.29 is 40.1 Å². The molecule has 0 aliphatic carbocycles. The molecule has 0 unspecified atom stereocenters. The van der Waals surface area contributed by atoms with Crippen LogP contribution in [0.3, 0.4) is 0 Å². The van der Waals surface area contributed by atoms with Crippen LogP contribution in [0.2, 0.25) is 0 Å². The molecule has 2 N–H and O–H groups in total. The van der Waals surface area contributed by atoms with Gasteiger partial charge in [-0.2, -0.15) is 0 Å². The average Bonchev–Trinajstić information content (AvgIpc) is 1.85. The number of carbonyl (C=O) groups is 2. The summed E-state index contributed by atoms with van der Waals surface area (Å²) in [5, 5.41) is 16.4. The number of aliphatic carboxylic acids is 2. The maximum absolute atomic E-state index is 9.98. The van der Waals surface area contributed by atoms with Gasteiger partial charge in [0.05, 0.1) is 0 Å². The quantitative estimate of drug-likeness (QED) is 0.363. The molecule has 0 rings (SSSR count). The van der Waals surface area contributed by atoms with E-state index in [1.165, 1.54) is 0 Å². The van der Waals surface area contributed by atoms with Crippen LogP contribution in [0.15, 0.2) is 0 Å². The number of hydrogen-bond donors (Lipinski definition) is 2. The number of hydrogen-bond acceptors (Lipinski definition) is 2. The fraction of sp³-hybridized carbons (Fsp3) is 0.714. The predicted octanol–water partition coefficient (Wildman–Crippen LogP) is -1.78. The fourth-order valence-corrected chi connectivity index (χ4v) is 0.729. The molecule has 0 saturated heterocycles. The Kier molecular flexibility index (Phi) is 10.1. The van der Waals surface area contributed by atoms with E-state index in [0.29, 0.717) is 19.3 Å². The van der Waals surface area contributed by atoms with Gasteiger partial charge in [0.25, 0.3) is 0 Å². The van der Waals surface area contributed by atoms with E-state index < -0.39 is 11.9 Å². The van der Waals surface area contributed by atoms with Gasteiger partial charge >= 0.3 is 30.8 Å². The second-order valence-corrected chi connectivity index (χ2v) is 2.35. The molecule has 0 heterocycles. The predicted molar refractivity (Wildman–Crippen MR) is 39.5 cm³/mol. The van der Waals surface area contributed by atoms with Gasteiger partial charge in [0.15, 0.2) is 0 Å². The first-order chi connectivity index (χ1) is 5.13. The summed E-state index contributed by atoms with van der Waals surface area (Å²) in [6.45, 7) is 0. The molecular formula is C7H13LiO4. The van der Waals surface area contributed by atoms with E-state index in [1.54, 1.807) is 0 Å². The summed E-state index contributed by atoms with van der Waals surface area (Å²) < 4.78 is 0. The van der Waals surface area contributed by atoms with Gasteiger partial charge in [-0.3, -0.25) is 9.59 Å². The Morgan fingerprint density at radius 3 is 1.50 bits per heavy atom. The van der Waals surface area contributed by atoms with Gasteiger partial charge in [0.1, 0.15) is 0 Å². The third kappa shape index (κ3) is 12.2. The summed E-state index contributed by atoms with van der Waals surface area (Å²) >= 11 is 0. The van der Waals surface area contributed by atoms with Crippen molar-refractivity contribution in [2.75, 3.05) is 0 Å². The molecule has 0 spiro atoms. The fourth-order valence-electron chi connectivity index (χ4n) is 0.729. The number of carboxylic acid groups (broad SMARTS) is 2. The van der Waals surface area contributed by atoms with Gasteiger partial charge < -0.3 is 11.6 Å². The van der Waals surface area contributed by atoms with Gasteiger partial charge in [-0.25, -0.2) is 0 Å². The van der Waals surface area contributed by atoms with Gasteiger partial charge in [0.2, 0.25) is 0 Å². The van der Waals surface area contributed by atoms with Gasteiger partial charge in [-0.05, 0) is 12.8 Å². The van der Waals surface area contributed by atoms with Crippen LogP contribution in [0, 0.1) is 0 Å². The van der Waals surface area contributed by atoms with E-state index in [-0.39, 0.29) is 33.1 Å². The van der Waals surface area contributed by atoms with Crippen molar-refractivity contribution in [3.05, 3.63) is 0 Å². The van der Waals surface area contributed by atoms with Crippen LogP contribution in [-0.2, 0) is 9.59 Å². The molecule has 0 radical (unpaired) electrons. The molecule has 0 fully saturated rings. The van der Waals surface area contributed by atoms with Crippen LogP contribution in [0.1, 0.15) is 33.5 Å². The van der Waals surface area contributed by atoms with Crippen LogP contribution < -0.4 is 18.9 Å². The molecule has 0 aromatic carbocycles. The molecule has 0 atom stereocenters. The van der Waals surface area contributed by atoms with Crippen LogP contribution >= 0.6 is 0 Å². The molecule has 66 valence electrons. The maximum Gasteiger partial charge on any atom is 1.00 e. The van der Waals surface area contributed by atoms with E-state index in [4.69, 9.17) is 10.2 Å². The summed E-state index contributed by atoms with van der Waals surface area (Å²) in [7, 11) is 0. The van der Waals surface area contributed by atoms with Crippen LogP contribution in [-0.4, -0.2) is 22.2 Å². The number of rotatable bonds is 6. The summed E-state index contributed by atoms with van der Waals surface area (Å²) in [6, 6.07) is 0. The minimum absolute atomic E-state index is 0. The molecular weight excluding hydrogens is 155 g/mol. The summed E-state index contributed by atoms with van der Waals surface area (Å²) in [4.78, 5) is 20.0. The average molecular weight is 168 g/mol. The summed E-state index contributed by atoms with van der Waals surface area (Å²) in [5.74, 6) is -1.64. The van der Waals surface area contributed by atoms with E-state index in [0.717, 1.165) is 0 Å². The zero-order valence-electron chi connectivity index (χ0n) is 8.25. The third-order valence-electron chi connectivity index (χ3n) is 1.28. The molecule has 4 nitrogen and oxygen atoms in total. The zero-order valence-corrected chi connectivity index (χ0v) is 7.25. The monoisotopic (exact) mass is 168 g/mol. The van der Waals surface area contributed by atoms with E-state index in [2.05, 4.69) is 0 Å². The molecule has 0 bridgehead atoms. The summed E-state index contributed by atoms with van der Waals surface area (Å²) in [6.07, 6.45) is 2.10. The Labute approximate surface area is 84.6 Å². The third-order valence-corrected chi connectivity index (χ3v) is 1.28. The summed E-state index contributed by atoms with van der Waals surface area (Å²) in [5.41, 5.74) is 0. The molecule has 5 heteroatoms. The largest absolute Gasteiger partial charge is 1.00 e. The minimum atomic E-state index is -0.819. The molecule has 0 aromatic heterocycles. The number of carboxylic acids is 2. The molecule has 0 amide bonds. The molecule has 0 saturated carbocycles. The van der Waals surface area contributed by atoms with Crippen molar-refractivity contribution in [3.63, 3.8) is 0 Å². The first-order valence-electron chi connectivity index (χ1n) is 3.56. The Balaban J connectivity index is -0.000000500. The first-order valence-corrected chi connectivity index (χ1v) is 3.56. The van der Waals surface area contributed by atoms with Crippen molar-refractivity contribution in [3.8, 4) is 0 Å². The standard InChI is InChI=1S/C7H12O4.Li.H/c8-6(9)4-2-1-3-5-7(10)11;;/h1-5H2,(H,8,9)(H,10,11);;/q;+1;-1. The minimum Gasteiger partial charge on any atom is -1.00 e. The van der Waals surface area contributed by atoms with Gasteiger partial charge in [-0.1, -0.05) is 6.42 Å². The van der Waals surface area contributed by atoms with Crippen LogP contribution in [0.25, 0.3) is 0 Å². The van der Waals surface area contributed by atoms with Crippen molar-refractivity contribution in [1.29, 1.82) is 0 Å². The van der Waals surface area contributed by atoms with Crippen molar-refractivity contribution >= 4 is 11.9 Å². The Morgan fingerprint density at radius 2 is 1.25 bits per heavy atom. The van der Waals surface area contributed by atoms with Crippen molar-refractivity contribution in [1.82, 2.24) is 0 Å². The van der Waals surface area contributed by atoms with E-state index >= 15 is 0 Å². The Morgan fingerprint density at radius 1 is 0.917 bits per heavy atom. The first kappa shape index (κ1) is 14.1. The molecule has 0 aliphatic heterocycles. The topological polar surface area (TPSA) is 74.6 Å². The second-order valence-electron chi connectivity index (χ2n) is 2.35. The van der Waals surface area contributed by atoms with Gasteiger partial charge in [0, 0.05) is 12.8 Å². The van der Waals surface area contributed by atoms with E-state index in [9.17, 15) is 9.59 Å². The van der Waals surface area contributed by atoms with Gasteiger partial charge in [-0.15, -0.1) is 0 Å². The Bertz CT molecular complexity index is 135. The number of unbranched alkanes of at least 4 members (excludes halogenated alkanes) is 2. The SMILES string of the molecule is O=C(O)CCCCCC(=O)O.[H-].[Li+]. The normalized spacial score (nSPS) is 8.67. The van der Waals surface area contributed by atoms with E-state index in [1.807, 2.05) is 0 Å². The Hall–Kier alpha value is -0.463. The molecule has 0 aliphatic rings. The van der Waals surface area contributed by atoms with Crippen molar-refractivity contribution in [2.24, 2.45) is 0 Å². The smallest absolute Gasteiger partial charge is 1.00 e. The second kappa shape index (κ2) is 8.63. The van der Waals surface area contributed by atoms with Crippen LogP contribution in [0.4, 0.5) is 0 Å². The van der Waals surface area contributed by atoms with Crippen molar-refractivity contribution in [2.45, 2.75) is 32.1 Å².